The number of aromatic nitrogens is 1. The van der Waals surface area contributed by atoms with E-state index in [2.05, 4.69) is 44.7 Å². The Morgan fingerprint density at radius 3 is 2.87 bits per heavy atom. The first-order valence-corrected chi connectivity index (χ1v) is 11.4. The van der Waals surface area contributed by atoms with Crippen molar-refractivity contribution >= 4 is 44.7 Å². The molecule has 1 aliphatic carbocycles. The second-order valence-corrected chi connectivity index (χ2v) is 9.05. The van der Waals surface area contributed by atoms with E-state index in [9.17, 15) is 9.65 Å². The monoisotopic (exact) mass is 499 g/mol. The van der Waals surface area contributed by atoms with Crippen LogP contribution in [0.2, 0.25) is 0 Å². The molecule has 160 valence electrons. The fourth-order valence-electron chi connectivity index (χ4n) is 3.46. The molecule has 0 spiro atoms. The predicted octanol–water partition coefficient (Wildman–Crippen LogP) is 6.37. The number of anilines is 1. The minimum atomic E-state index is -0.429. The molecular weight excluding hydrogens is 477 g/mol. The molecule has 0 unspecified atom stereocenters. The first-order chi connectivity index (χ1) is 14.9. The topological polar surface area (TPSA) is 55.5 Å². The summed E-state index contributed by atoms with van der Waals surface area (Å²) in [6.45, 7) is 8.46. The summed E-state index contributed by atoms with van der Waals surface area (Å²) in [6.07, 6.45) is 11.6. The van der Waals surface area contributed by atoms with Gasteiger partial charge in [0, 0.05) is 34.7 Å². The fourth-order valence-corrected chi connectivity index (χ4v) is 4.79. The molecule has 1 aromatic rings. The van der Waals surface area contributed by atoms with Gasteiger partial charge >= 0.3 is 0 Å². The molecule has 0 atom stereocenters. The van der Waals surface area contributed by atoms with Gasteiger partial charge in [0.15, 0.2) is 5.13 Å². The zero-order valence-corrected chi connectivity index (χ0v) is 20.1. The molecule has 1 aromatic heterocycles. The molecule has 1 aliphatic heterocycles. The fraction of sp³-hybridized carbons (Fsp3) is 0.261. The number of nitriles is 1. The number of hydrogen-bond donors (Lipinski definition) is 0. The van der Waals surface area contributed by atoms with Crippen molar-refractivity contribution in [2.45, 2.75) is 26.7 Å². The number of halogens is 2. The zero-order chi connectivity index (χ0) is 22.5. The molecular formula is C23H23BrFN5S. The maximum absolute atomic E-state index is 13.8. The Bertz CT molecular complexity index is 1110. The smallest absolute Gasteiger partial charge is 0.191 e. The SMILES string of the molecule is C=N/C(CC)=C(\N1C=C(Br)C=CC1)N(C)c1nc(C2=C(C#N)C=C(F)C=CC2)c(C)s1. The number of aryl methyl sites for hydroxylation is 1. The lowest BCUT2D eigenvalue weighted by atomic mass is 10.0. The molecule has 2 aliphatic rings. The van der Waals surface area contributed by atoms with E-state index in [0.29, 0.717) is 25.0 Å². The average Bonchev–Trinajstić information content (AvgIpc) is 3.03. The van der Waals surface area contributed by atoms with E-state index < -0.39 is 5.83 Å². The highest BCUT2D eigenvalue weighted by molar-refractivity contribution is 9.11. The van der Waals surface area contributed by atoms with E-state index in [1.807, 2.05) is 38.1 Å². The van der Waals surface area contributed by atoms with Gasteiger partial charge in [0.05, 0.1) is 23.0 Å². The zero-order valence-electron chi connectivity index (χ0n) is 17.7. The first-order valence-electron chi connectivity index (χ1n) is 9.78. The van der Waals surface area contributed by atoms with E-state index in [0.717, 1.165) is 37.3 Å². The van der Waals surface area contributed by atoms with Crippen molar-refractivity contribution in [3.63, 3.8) is 0 Å². The molecule has 0 radical (unpaired) electrons. The largest absolute Gasteiger partial charge is 0.328 e. The summed E-state index contributed by atoms with van der Waals surface area (Å²) in [5, 5.41) is 10.3. The Morgan fingerprint density at radius 2 is 2.23 bits per heavy atom. The van der Waals surface area contributed by atoms with Gasteiger partial charge in [-0.2, -0.15) is 5.26 Å². The summed E-state index contributed by atoms with van der Waals surface area (Å²) in [5.74, 6) is 0.461. The van der Waals surface area contributed by atoms with Gasteiger partial charge in [-0.15, -0.1) is 11.3 Å². The summed E-state index contributed by atoms with van der Waals surface area (Å²) in [7, 11) is 1.95. The van der Waals surface area contributed by atoms with Gasteiger partial charge in [-0.3, -0.25) is 4.99 Å². The van der Waals surface area contributed by atoms with Crippen LogP contribution in [-0.4, -0.2) is 30.2 Å². The average molecular weight is 500 g/mol. The highest BCUT2D eigenvalue weighted by Crippen LogP contribution is 2.37. The van der Waals surface area contributed by atoms with Gasteiger partial charge in [0.2, 0.25) is 0 Å². The standard InChI is InChI=1S/C23H23BrFN5S/c1-5-20(27-3)22(30-11-7-8-17(24)14-30)29(4)23-28-21(15(2)31-23)19-10-6-9-18(25)12-16(19)13-26/h6-9,12,14H,3,5,10-11H2,1-2,4H3/b22-20-. The molecule has 0 bridgehead atoms. The van der Waals surface area contributed by atoms with Crippen LogP contribution in [0.15, 0.2) is 69.0 Å². The van der Waals surface area contributed by atoms with Crippen molar-refractivity contribution in [2.75, 3.05) is 18.5 Å². The van der Waals surface area contributed by atoms with Crippen LogP contribution in [-0.2, 0) is 0 Å². The van der Waals surface area contributed by atoms with Crippen LogP contribution in [0.25, 0.3) is 5.57 Å². The lowest BCUT2D eigenvalue weighted by Crippen LogP contribution is -2.32. The van der Waals surface area contributed by atoms with Crippen molar-refractivity contribution < 1.29 is 4.39 Å². The van der Waals surface area contributed by atoms with Crippen LogP contribution in [0.5, 0.6) is 0 Å². The number of aliphatic imine (C=N–C) groups is 1. The third-order valence-corrected chi connectivity index (χ3v) is 6.43. The lowest BCUT2D eigenvalue weighted by molar-refractivity contribution is 0.485. The van der Waals surface area contributed by atoms with E-state index in [4.69, 9.17) is 4.98 Å². The highest BCUT2D eigenvalue weighted by Gasteiger charge is 2.24. The minimum absolute atomic E-state index is 0.302. The van der Waals surface area contributed by atoms with Crippen molar-refractivity contribution in [3.05, 3.63) is 74.6 Å². The van der Waals surface area contributed by atoms with E-state index in [1.165, 1.54) is 23.5 Å². The van der Waals surface area contributed by atoms with Crippen molar-refractivity contribution in [3.8, 4) is 6.07 Å². The van der Waals surface area contributed by atoms with E-state index in [-0.39, 0.29) is 0 Å². The number of nitrogens with zero attached hydrogens (tertiary/aromatic N) is 5. The summed E-state index contributed by atoms with van der Waals surface area (Å²) in [4.78, 5) is 14.2. The summed E-state index contributed by atoms with van der Waals surface area (Å²) in [5.41, 5.74) is 2.60. The maximum Gasteiger partial charge on any atom is 0.191 e. The number of thiazole rings is 1. The molecule has 31 heavy (non-hydrogen) atoms. The third-order valence-electron chi connectivity index (χ3n) is 4.92. The van der Waals surface area contributed by atoms with Gasteiger partial charge < -0.3 is 9.80 Å². The quantitative estimate of drug-likeness (QED) is 0.426. The van der Waals surface area contributed by atoms with Crippen molar-refractivity contribution in [1.82, 2.24) is 9.88 Å². The number of allylic oxidation sites excluding steroid dienone is 9. The Kier molecular flexibility index (Phi) is 7.42. The molecule has 5 nitrogen and oxygen atoms in total. The molecule has 3 rings (SSSR count). The Hall–Kier alpha value is -2.76. The summed E-state index contributed by atoms with van der Waals surface area (Å²) >= 11 is 5.07. The van der Waals surface area contributed by atoms with E-state index in [1.54, 1.807) is 6.08 Å². The molecule has 0 N–H and O–H groups in total. The van der Waals surface area contributed by atoms with Crippen LogP contribution in [0, 0.1) is 18.3 Å². The van der Waals surface area contributed by atoms with Gasteiger partial charge in [0.1, 0.15) is 11.6 Å². The Balaban J connectivity index is 2.08. The van der Waals surface area contributed by atoms with Gasteiger partial charge in [-0.05, 0) is 60.6 Å². The van der Waals surface area contributed by atoms with Gasteiger partial charge in [-0.25, -0.2) is 9.37 Å². The normalized spacial score (nSPS) is 17.0. The van der Waals surface area contributed by atoms with Gasteiger partial charge in [-0.1, -0.05) is 19.1 Å². The molecule has 0 fully saturated rings. The van der Waals surface area contributed by atoms with Crippen LogP contribution >= 0.6 is 27.3 Å². The minimum Gasteiger partial charge on any atom is -0.328 e. The molecule has 0 aromatic carbocycles. The van der Waals surface area contributed by atoms with Crippen molar-refractivity contribution in [1.29, 1.82) is 5.26 Å². The van der Waals surface area contributed by atoms with Crippen LogP contribution in [0.1, 0.15) is 30.3 Å². The van der Waals surface area contributed by atoms with Crippen LogP contribution in [0.3, 0.4) is 0 Å². The lowest BCUT2D eigenvalue weighted by Gasteiger charge is -2.32. The highest BCUT2D eigenvalue weighted by atomic mass is 79.9. The van der Waals surface area contributed by atoms with E-state index >= 15 is 0 Å². The molecule has 8 heteroatoms. The second-order valence-electron chi connectivity index (χ2n) is 6.95. The first kappa shape index (κ1) is 22.9. The molecule has 2 heterocycles. The molecule has 0 amide bonds. The van der Waals surface area contributed by atoms with Crippen LogP contribution < -0.4 is 4.90 Å². The predicted molar refractivity (Wildman–Crippen MR) is 130 cm³/mol. The summed E-state index contributed by atoms with van der Waals surface area (Å²) < 4.78 is 14.8. The second kappa shape index (κ2) is 10.0. The molecule has 0 saturated heterocycles. The van der Waals surface area contributed by atoms with Crippen LogP contribution in [0.4, 0.5) is 9.52 Å². The Labute approximate surface area is 194 Å². The van der Waals surface area contributed by atoms with Gasteiger partial charge in [0.25, 0.3) is 0 Å². The number of hydrogen-bond acceptors (Lipinski definition) is 6. The number of rotatable bonds is 6. The Morgan fingerprint density at radius 1 is 1.45 bits per heavy atom. The third kappa shape index (κ3) is 4.94. The maximum atomic E-state index is 13.8. The molecule has 0 saturated carbocycles. The summed E-state index contributed by atoms with van der Waals surface area (Å²) in [6, 6.07) is 2.12. The van der Waals surface area contributed by atoms with Crippen molar-refractivity contribution in [2.24, 2.45) is 4.99 Å².